The maximum absolute atomic E-state index is 15.8. The molecule has 3 aromatic rings. The highest BCUT2D eigenvalue weighted by molar-refractivity contribution is 8.14. The van der Waals surface area contributed by atoms with Gasteiger partial charge in [0.25, 0.3) is 10.0 Å². The standard InChI is InChI=1S/C50H56F6N4O9S3/c1-9-47(7,8)46(61)68-30-29-58(10-2)72(66,67)50(55,56)48(51,52)49(53,54)71(64,65)57-70(62,63)44-24-18-17-23-41(44)45-39-27-25-37(59(33(3)4)35-19-13-11-14-20-35)31-42(39)69-43-32-38(26-28-40(43)45)60(34(5)6)36-21-15-12-16-22-36/h11-22,24-28,31-34,41H,9-10,23,29-30H2,1-8H3. The third-order valence-corrected chi connectivity index (χ3v) is 17.9. The molecule has 72 heavy (non-hydrogen) atoms. The summed E-state index contributed by atoms with van der Waals surface area (Å²) in [7, 11) is -20.6. The fraction of sp³-hybridized carbons (Fsp3) is 0.400. The van der Waals surface area contributed by atoms with Crippen LogP contribution in [0.3, 0.4) is 0 Å². The number of esters is 1. The summed E-state index contributed by atoms with van der Waals surface area (Å²) in [5.74, 6) is -9.56. The number of carbonyl (C=O) groups excluding carboxylic acids is 1. The molecule has 0 amide bonds. The van der Waals surface area contributed by atoms with Crippen LogP contribution in [0.25, 0.3) is 26.4 Å². The molecule has 1 atom stereocenters. The molecule has 3 aromatic carbocycles. The number of allylic oxidation sites excluding steroid dienone is 4. The van der Waals surface area contributed by atoms with Gasteiger partial charge in [0.2, 0.25) is 11.0 Å². The molecule has 0 fully saturated rings. The highest BCUT2D eigenvalue weighted by atomic mass is 32.3. The summed E-state index contributed by atoms with van der Waals surface area (Å²) < 4.78 is 191. The molecule has 0 spiro atoms. The van der Waals surface area contributed by atoms with Crippen molar-refractivity contribution in [2.45, 2.75) is 103 Å². The monoisotopic (exact) mass is 1070 g/mol. The number of fused-ring (bicyclic) bond motifs is 2. The molecule has 0 saturated heterocycles. The van der Waals surface area contributed by atoms with E-state index in [9.17, 15) is 30.0 Å². The zero-order chi connectivity index (χ0) is 53.4. The second-order valence-electron chi connectivity index (χ2n) is 18.3. The van der Waals surface area contributed by atoms with E-state index in [1.165, 1.54) is 19.9 Å². The van der Waals surface area contributed by atoms with E-state index in [0.717, 1.165) is 30.5 Å². The van der Waals surface area contributed by atoms with E-state index < -0.39 is 92.7 Å². The van der Waals surface area contributed by atoms with Crippen LogP contribution < -0.4 is 14.8 Å². The van der Waals surface area contributed by atoms with E-state index in [-0.39, 0.29) is 52.8 Å². The van der Waals surface area contributed by atoms with Gasteiger partial charge in [0.05, 0.1) is 11.5 Å². The molecule has 0 bridgehead atoms. The smallest absolute Gasteiger partial charge is 0.428 e. The summed E-state index contributed by atoms with van der Waals surface area (Å²) in [4.78, 5) is 13.4. The minimum Gasteiger partial charge on any atom is -0.464 e. The number of benzene rings is 4. The molecule has 0 aromatic heterocycles. The number of anilines is 2. The molecule has 1 heterocycles. The SMILES string of the molecule is CCN(CCOC(=O)C(C)(C)CC)S(=O)(=O)C(F)(F)C(F)(F)C(F)(F)S(=O)(=O)[N-]S(=O)(=O)C1=CC=CCC1c1c2ccc(=[N+](c3ccccc3)C(C)C)cc-2oc2cc(N(c3ccccc3)C(C)C)ccc12. The first-order valence-electron chi connectivity index (χ1n) is 22.9. The van der Waals surface area contributed by atoms with Gasteiger partial charge in [-0.3, -0.25) is 4.79 Å². The molecular weight excluding hydrogens is 1010 g/mol. The Balaban J connectivity index is 1.45. The minimum absolute atomic E-state index is 0.112. The average molecular weight is 1070 g/mol. The number of likely N-dealkylation sites (N-methyl/N-ethyl adjacent to an activating group) is 1. The molecule has 0 N–H and O–H groups in total. The van der Waals surface area contributed by atoms with Crippen LogP contribution in [0.2, 0.25) is 0 Å². The largest absolute Gasteiger partial charge is 0.464 e. The lowest BCUT2D eigenvalue weighted by molar-refractivity contribution is -0.244. The zero-order valence-corrected chi connectivity index (χ0v) is 43.1. The van der Waals surface area contributed by atoms with Crippen molar-refractivity contribution in [1.29, 1.82) is 0 Å². The van der Waals surface area contributed by atoms with Gasteiger partial charge in [0, 0.05) is 76.5 Å². The third kappa shape index (κ3) is 10.3. The Labute approximate surface area is 416 Å². The van der Waals surface area contributed by atoms with Gasteiger partial charge in [0.15, 0.2) is 16.1 Å². The Morgan fingerprint density at radius 2 is 1.44 bits per heavy atom. The summed E-state index contributed by atoms with van der Waals surface area (Å²) in [6.45, 7) is 9.97. The Morgan fingerprint density at radius 1 is 0.819 bits per heavy atom. The van der Waals surface area contributed by atoms with Crippen molar-refractivity contribution in [2.75, 3.05) is 24.6 Å². The summed E-state index contributed by atoms with van der Waals surface area (Å²) in [6, 6.07) is 28.6. The quantitative estimate of drug-likeness (QED) is 0.0317. The van der Waals surface area contributed by atoms with E-state index in [0.29, 0.717) is 11.0 Å². The van der Waals surface area contributed by atoms with Crippen molar-refractivity contribution in [1.82, 2.24) is 8.88 Å². The topological polar surface area (TPSA) is 165 Å². The molecule has 1 unspecified atom stereocenters. The fourth-order valence-corrected chi connectivity index (χ4v) is 12.8. The highest BCUT2D eigenvalue weighted by Gasteiger charge is 2.81. The second kappa shape index (κ2) is 20.8. The number of hydrogen-bond donors (Lipinski definition) is 0. The van der Waals surface area contributed by atoms with Crippen LogP contribution in [-0.2, 0) is 39.6 Å². The Bertz CT molecular complexity index is 3260. The normalized spacial score (nSPS) is 15.9. The number of alkyl halides is 6. The lowest BCUT2D eigenvalue weighted by atomic mass is 9.85. The number of ether oxygens (including phenoxy) is 1. The van der Waals surface area contributed by atoms with Crippen LogP contribution in [0.4, 0.5) is 43.4 Å². The number of hydrogen-bond acceptors (Lipinski definition) is 10. The first-order chi connectivity index (χ1) is 33.5. The second-order valence-corrected chi connectivity index (χ2v) is 23.7. The van der Waals surface area contributed by atoms with E-state index in [4.69, 9.17) is 9.15 Å². The first-order valence-corrected chi connectivity index (χ1v) is 27.2. The van der Waals surface area contributed by atoms with Crippen LogP contribution in [0.15, 0.2) is 125 Å². The molecule has 390 valence electrons. The number of para-hydroxylation sites is 2. The molecule has 13 nitrogen and oxygen atoms in total. The molecule has 0 radical (unpaired) electrons. The third-order valence-electron chi connectivity index (χ3n) is 12.4. The fourth-order valence-electron chi connectivity index (χ4n) is 8.28. The van der Waals surface area contributed by atoms with Gasteiger partial charge in [-0.05, 0) is 96.4 Å². The van der Waals surface area contributed by atoms with Crippen molar-refractivity contribution >= 4 is 64.1 Å². The molecule has 2 aliphatic carbocycles. The highest BCUT2D eigenvalue weighted by Crippen LogP contribution is 2.54. The molecule has 3 aliphatic rings. The van der Waals surface area contributed by atoms with Gasteiger partial charge >= 0.3 is 22.4 Å². The molecule has 22 heteroatoms. The molecule has 6 rings (SSSR count). The lowest BCUT2D eigenvalue weighted by Crippen LogP contribution is -2.63. The van der Waals surface area contributed by atoms with E-state index >= 15 is 26.3 Å². The van der Waals surface area contributed by atoms with Gasteiger partial charge < -0.3 is 18.2 Å². The maximum Gasteiger partial charge on any atom is 0.428 e. The molecule has 0 saturated carbocycles. The number of sulfonamides is 3. The van der Waals surface area contributed by atoms with E-state index in [2.05, 4.69) is 4.13 Å². The van der Waals surface area contributed by atoms with Crippen molar-refractivity contribution in [3.05, 3.63) is 135 Å². The Kier molecular flexibility index (Phi) is 16.1. The van der Waals surface area contributed by atoms with Crippen LogP contribution in [0, 0.1) is 5.41 Å². The summed E-state index contributed by atoms with van der Waals surface area (Å²) >= 11 is 0. The minimum atomic E-state index is -7.61. The van der Waals surface area contributed by atoms with E-state index in [1.807, 2.05) is 97.8 Å². The first kappa shape index (κ1) is 55.8. The molecular formula is C50H56F6N4O9S3. The van der Waals surface area contributed by atoms with Crippen molar-refractivity contribution < 1.29 is 65.5 Å². The summed E-state index contributed by atoms with van der Waals surface area (Å²) in [5.41, 5.74) is 1.78. The number of carbonyl (C=O) groups is 1. The van der Waals surface area contributed by atoms with Gasteiger partial charge in [-0.15, -0.1) is 0 Å². The maximum atomic E-state index is 15.8. The zero-order valence-electron chi connectivity index (χ0n) is 40.7. The van der Waals surface area contributed by atoms with Crippen LogP contribution in [0.1, 0.15) is 79.7 Å². The average Bonchev–Trinajstić information content (AvgIpc) is 3.31. The van der Waals surface area contributed by atoms with Gasteiger partial charge in [-0.1, -0.05) is 62.4 Å². The number of nitrogens with zero attached hydrogens (tertiary/aromatic N) is 4. The van der Waals surface area contributed by atoms with Crippen molar-refractivity contribution in [3.8, 4) is 11.3 Å². The van der Waals surface area contributed by atoms with Crippen LogP contribution in [0.5, 0.6) is 0 Å². The van der Waals surface area contributed by atoms with Crippen LogP contribution >= 0.6 is 0 Å². The van der Waals surface area contributed by atoms with Gasteiger partial charge in [-0.25, -0.2) is 25.3 Å². The van der Waals surface area contributed by atoms with Crippen molar-refractivity contribution in [3.63, 3.8) is 0 Å². The predicted octanol–water partition coefficient (Wildman–Crippen LogP) is 11.0. The predicted molar refractivity (Wildman–Crippen MR) is 265 cm³/mol. The Morgan fingerprint density at radius 3 is 2.03 bits per heavy atom. The lowest BCUT2D eigenvalue weighted by Gasteiger charge is -2.38. The van der Waals surface area contributed by atoms with Gasteiger partial charge in [0.1, 0.15) is 28.0 Å². The van der Waals surface area contributed by atoms with E-state index in [1.54, 1.807) is 43.3 Å². The number of rotatable bonds is 20. The van der Waals surface area contributed by atoms with Gasteiger partial charge in [-0.2, -0.15) is 35.2 Å². The summed E-state index contributed by atoms with van der Waals surface area (Å²) in [5, 5.41) is -13.2. The number of halogens is 6. The van der Waals surface area contributed by atoms with Crippen LogP contribution in [-0.4, -0.2) is 83.7 Å². The summed E-state index contributed by atoms with van der Waals surface area (Å²) in [6.07, 6.45) is 3.40. The van der Waals surface area contributed by atoms with Crippen molar-refractivity contribution in [2.24, 2.45) is 5.41 Å². The Hall–Kier alpha value is -5.55. The molecule has 1 aliphatic heterocycles.